The molecule has 1 unspecified atom stereocenters. The molecule has 1 saturated heterocycles. The maximum atomic E-state index is 5.25. The van der Waals surface area contributed by atoms with Crippen molar-refractivity contribution in [1.82, 2.24) is 9.88 Å². The van der Waals surface area contributed by atoms with Gasteiger partial charge in [0.1, 0.15) is 0 Å². The topological polar surface area (TPSA) is 25.4 Å². The van der Waals surface area contributed by atoms with E-state index in [-0.39, 0.29) is 0 Å². The van der Waals surface area contributed by atoms with Gasteiger partial charge in [0.2, 0.25) is 5.88 Å². The summed E-state index contributed by atoms with van der Waals surface area (Å²) in [4.78, 5) is 7.07. The third-order valence-electron chi connectivity index (χ3n) is 4.04. The Kier molecular flexibility index (Phi) is 5.20. The van der Waals surface area contributed by atoms with Gasteiger partial charge in [0.25, 0.3) is 0 Å². The van der Waals surface area contributed by atoms with Crippen molar-refractivity contribution >= 4 is 0 Å². The number of rotatable bonds is 5. The number of pyridine rings is 1. The minimum Gasteiger partial charge on any atom is -0.481 e. The summed E-state index contributed by atoms with van der Waals surface area (Å²) in [6.07, 6.45) is 8.49. The van der Waals surface area contributed by atoms with Crippen molar-refractivity contribution in [3.63, 3.8) is 0 Å². The zero-order valence-electron chi connectivity index (χ0n) is 12.5. The fourth-order valence-electron chi connectivity index (χ4n) is 2.98. The maximum absolute atomic E-state index is 5.25. The summed E-state index contributed by atoms with van der Waals surface area (Å²) in [6.45, 7) is 6.79. The Balaban J connectivity index is 2.14. The predicted octanol–water partition coefficient (Wildman–Crippen LogP) is 3.73. The standard InChI is InChI=1S/C16H26N2O/c1-4-5-9-18-10-7-6-8-15(18)14-11-13(2)16(19-3)17-12-14/h11-12,15H,4-10H2,1-3H3. The number of piperidine rings is 1. The second-order valence-electron chi connectivity index (χ2n) is 5.50. The van der Waals surface area contributed by atoms with E-state index in [0.717, 1.165) is 11.4 Å². The fraction of sp³-hybridized carbons (Fsp3) is 0.688. The van der Waals surface area contributed by atoms with Crippen LogP contribution in [0.15, 0.2) is 12.3 Å². The van der Waals surface area contributed by atoms with E-state index in [0.29, 0.717) is 6.04 Å². The first kappa shape index (κ1) is 14.3. The number of hydrogen-bond donors (Lipinski definition) is 0. The number of ether oxygens (including phenoxy) is 1. The predicted molar refractivity (Wildman–Crippen MR) is 78.6 cm³/mol. The largest absolute Gasteiger partial charge is 0.481 e. The lowest BCUT2D eigenvalue weighted by molar-refractivity contribution is 0.146. The molecule has 1 aliphatic rings. The lowest BCUT2D eigenvalue weighted by atomic mass is 9.95. The minimum absolute atomic E-state index is 0.553. The van der Waals surface area contributed by atoms with Gasteiger partial charge in [-0.2, -0.15) is 0 Å². The molecular weight excluding hydrogens is 236 g/mol. The molecular formula is C16H26N2O. The Labute approximate surface area is 117 Å². The summed E-state index contributed by atoms with van der Waals surface area (Å²) in [5.41, 5.74) is 2.50. The summed E-state index contributed by atoms with van der Waals surface area (Å²) >= 11 is 0. The number of likely N-dealkylation sites (tertiary alicyclic amines) is 1. The molecule has 0 saturated carbocycles. The van der Waals surface area contributed by atoms with Crippen LogP contribution in [0.1, 0.15) is 56.2 Å². The normalized spacial score (nSPS) is 20.5. The molecule has 19 heavy (non-hydrogen) atoms. The van der Waals surface area contributed by atoms with Crippen LogP contribution in [0.25, 0.3) is 0 Å². The van der Waals surface area contributed by atoms with Crippen LogP contribution in [0.5, 0.6) is 5.88 Å². The third-order valence-corrected chi connectivity index (χ3v) is 4.04. The van der Waals surface area contributed by atoms with Crippen LogP contribution in [0.3, 0.4) is 0 Å². The lowest BCUT2D eigenvalue weighted by Gasteiger charge is -2.36. The first-order chi connectivity index (χ1) is 9.26. The van der Waals surface area contributed by atoms with Crippen LogP contribution in [0.4, 0.5) is 0 Å². The molecule has 2 heterocycles. The van der Waals surface area contributed by atoms with Crippen molar-refractivity contribution in [2.45, 2.75) is 52.0 Å². The minimum atomic E-state index is 0.553. The Morgan fingerprint density at radius 2 is 2.26 bits per heavy atom. The molecule has 1 fully saturated rings. The molecule has 0 radical (unpaired) electrons. The molecule has 3 nitrogen and oxygen atoms in total. The molecule has 1 aliphatic heterocycles. The van der Waals surface area contributed by atoms with E-state index in [4.69, 9.17) is 4.74 Å². The van der Waals surface area contributed by atoms with Crippen LogP contribution in [-0.2, 0) is 0 Å². The Bertz CT molecular complexity index is 406. The van der Waals surface area contributed by atoms with Crippen molar-refractivity contribution < 1.29 is 4.74 Å². The van der Waals surface area contributed by atoms with Gasteiger partial charge in [-0.3, -0.25) is 4.90 Å². The van der Waals surface area contributed by atoms with Gasteiger partial charge in [-0.05, 0) is 50.9 Å². The zero-order chi connectivity index (χ0) is 13.7. The first-order valence-electron chi connectivity index (χ1n) is 7.50. The monoisotopic (exact) mass is 262 g/mol. The number of hydrogen-bond acceptors (Lipinski definition) is 3. The van der Waals surface area contributed by atoms with Crippen LogP contribution in [-0.4, -0.2) is 30.1 Å². The van der Waals surface area contributed by atoms with Gasteiger partial charge in [0.05, 0.1) is 7.11 Å². The van der Waals surface area contributed by atoms with Gasteiger partial charge in [0, 0.05) is 17.8 Å². The van der Waals surface area contributed by atoms with Gasteiger partial charge in [0.15, 0.2) is 0 Å². The quantitative estimate of drug-likeness (QED) is 0.808. The van der Waals surface area contributed by atoms with Crippen molar-refractivity contribution in [2.75, 3.05) is 20.2 Å². The highest BCUT2D eigenvalue weighted by molar-refractivity contribution is 5.30. The first-order valence-corrected chi connectivity index (χ1v) is 7.50. The Hall–Kier alpha value is -1.09. The average Bonchev–Trinajstić information content (AvgIpc) is 2.45. The van der Waals surface area contributed by atoms with Crippen molar-refractivity contribution in [2.24, 2.45) is 0 Å². The molecule has 0 bridgehead atoms. The summed E-state index contributed by atoms with van der Waals surface area (Å²) in [5.74, 6) is 0.750. The van der Waals surface area contributed by atoms with E-state index in [1.807, 2.05) is 6.20 Å². The number of aromatic nitrogens is 1. The van der Waals surface area contributed by atoms with Crippen LogP contribution < -0.4 is 4.74 Å². The number of nitrogens with zero attached hydrogens (tertiary/aromatic N) is 2. The second-order valence-corrected chi connectivity index (χ2v) is 5.50. The molecule has 106 valence electrons. The Morgan fingerprint density at radius 1 is 1.42 bits per heavy atom. The van der Waals surface area contributed by atoms with Crippen LogP contribution >= 0.6 is 0 Å². The second kappa shape index (κ2) is 6.90. The van der Waals surface area contributed by atoms with Crippen molar-refractivity contribution in [3.8, 4) is 5.88 Å². The molecule has 0 amide bonds. The molecule has 0 spiro atoms. The molecule has 1 aromatic heterocycles. The number of methoxy groups -OCH3 is 1. The van der Waals surface area contributed by atoms with E-state index in [1.165, 1.54) is 50.8 Å². The highest BCUT2D eigenvalue weighted by Crippen LogP contribution is 2.32. The average molecular weight is 262 g/mol. The van der Waals surface area contributed by atoms with E-state index >= 15 is 0 Å². The maximum Gasteiger partial charge on any atom is 0.215 e. The fourth-order valence-corrected chi connectivity index (χ4v) is 2.98. The van der Waals surface area contributed by atoms with Gasteiger partial charge in [-0.15, -0.1) is 0 Å². The highest BCUT2D eigenvalue weighted by atomic mass is 16.5. The van der Waals surface area contributed by atoms with Gasteiger partial charge in [-0.25, -0.2) is 4.98 Å². The molecule has 1 aromatic rings. The summed E-state index contributed by atoms with van der Waals surface area (Å²) in [5, 5.41) is 0. The molecule has 0 aromatic carbocycles. The van der Waals surface area contributed by atoms with Crippen molar-refractivity contribution in [1.29, 1.82) is 0 Å². The number of aryl methyl sites for hydroxylation is 1. The third kappa shape index (κ3) is 3.47. The van der Waals surface area contributed by atoms with Crippen LogP contribution in [0, 0.1) is 6.92 Å². The molecule has 2 rings (SSSR count). The van der Waals surface area contributed by atoms with E-state index in [2.05, 4.69) is 29.8 Å². The summed E-state index contributed by atoms with van der Waals surface area (Å²) < 4.78 is 5.25. The van der Waals surface area contributed by atoms with E-state index in [1.54, 1.807) is 7.11 Å². The smallest absolute Gasteiger partial charge is 0.215 e. The Morgan fingerprint density at radius 3 is 2.95 bits per heavy atom. The van der Waals surface area contributed by atoms with Crippen LogP contribution in [0.2, 0.25) is 0 Å². The summed E-state index contributed by atoms with van der Waals surface area (Å²) in [7, 11) is 1.68. The highest BCUT2D eigenvalue weighted by Gasteiger charge is 2.24. The number of unbranched alkanes of at least 4 members (excludes halogenated alkanes) is 1. The van der Waals surface area contributed by atoms with Gasteiger partial charge >= 0.3 is 0 Å². The van der Waals surface area contributed by atoms with E-state index < -0.39 is 0 Å². The zero-order valence-corrected chi connectivity index (χ0v) is 12.5. The lowest BCUT2D eigenvalue weighted by Crippen LogP contribution is -2.34. The SMILES string of the molecule is CCCCN1CCCCC1c1cnc(OC)c(C)c1. The van der Waals surface area contributed by atoms with Gasteiger partial charge in [-0.1, -0.05) is 19.8 Å². The molecule has 0 aliphatic carbocycles. The molecule has 3 heteroatoms. The van der Waals surface area contributed by atoms with Gasteiger partial charge < -0.3 is 4.74 Å². The molecule has 1 atom stereocenters. The van der Waals surface area contributed by atoms with E-state index in [9.17, 15) is 0 Å². The summed E-state index contributed by atoms with van der Waals surface area (Å²) in [6, 6.07) is 2.80. The van der Waals surface area contributed by atoms with Crippen molar-refractivity contribution in [3.05, 3.63) is 23.4 Å². The molecule has 0 N–H and O–H groups in total.